The highest BCUT2D eigenvalue weighted by molar-refractivity contribution is 7.23. The molecule has 2 heterocycles. The van der Waals surface area contributed by atoms with E-state index in [2.05, 4.69) is 177 Å². The smallest absolute Gasteiger partial charge is 0.0964 e. The highest BCUT2D eigenvalue weighted by atomic mass is 32.1. The van der Waals surface area contributed by atoms with E-state index < -0.39 is 0 Å². The molecule has 2 nitrogen and oxygen atoms in total. The van der Waals surface area contributed by atoms with Gasteiger partial charge >= 0.3 is 0 Å². The zero-order valence-electron chi connectivity index (χ0n) is 31.9. The fourth-order valence-electron chi connectivity index (χ4n) is 8.51. The number of nitrogens with zero attached hydrogens (tertiary/aromatic N) is 1. The van der Waals surface area contributed by atoms with Crippen molar-refractivity contribution in [1.82, 2.24) is 0 Å². The van der Waals surface area contributed by atoms with Crippen LogP contribution in [0.2, 0.25) is 0 Å². The number of benzene rings is 6. The lowest BCUT2D eigenvalue weighted by Gasteiger charge is -2.19. The number of aryl methyl sites for hydroxylation is 1. The maximum absolute atomic E-state index is 6.82. The molecule has 0 radical (unpaired) electrons. The Kier molecular flexibility index (Phi) is 9.37. The van der Waals surface area contributed by atoms with Gasteiger partial charge in [0.25, 0.3) is 0 Å². The first-order chi connectivity index (χ1) is 28.1. The average Bonchev–Trinajstić information content (AvgIpc) is 3.83. The van der Waals surface area contributed by atoms with Crippen LogP contribution in [-0.2, 0) is 6.42 Å². The zero-order chi connectivity index (χ0) is 38.3. The van der Waals surface area contributed by atoms with E-state index in [1.165, 1.54) is 75.3 Å². The highest BCUT2D eigenvalue weighted by Crippen LogP contribution is 2.42. The molecule has 8 aromatic rings. The van der Waals surface area contributed by atoms with E-state index >= 15 is 0 Å². The quantitative estimate of drug-likeness (QED) is 0.154. The van der Waals surface area contributed by atoms with Crippen LogP contribution in [0, 0.1) is 0 Å². The van der Waals surface area contributed by atoms with Crippen molar-refractivity contribution in [3.8, 4) is 22.3 Å². The van der Waals surface area contributed by atoms with Gasteiger partial charge in [0, 0.05) is 36.2 Å². The van der Waals surface area contributed by atoms with Crippen LogP contribution in [0.25, 0.3) is 59.6 Å². The normalized spacial score (nSPS) is 14.7. The number of fused-ring (bicyclic) bond motifs is 4. The van der Waals surface area contributed by atoms with Gasteiger partial charge in [-0.2, -0.15) is 0 Å². The van der Waals surface area contributed by atoms with Crippen molar-refractivity contribution in [2.45, 2.75) is 38.6 Å². The van der Waals surface area contributed by atoms with Crippen LogP contribution < -0.4 is 5.73 Å². The number of nitrogens with two attached hydrogens (primary N) is 1. The fraction of sp³-hybridized carbons (Fsp3) is 0.113. The zero-order valence-corrected chi connectivity index (χ0v) is 33.5. The van der Waals surface area contributed by atoms with Crippen LogP contribution in [0.15, 0.2) is 169 Å². The Hall–Kier alpha value is -6.07. The van der Waals surface area contributed by atoms with Gasteiger partial charge in [0.2, 0.25) is 0 Å². The van der Waals surface area contributed by atoms with Gasteiger partial charge in [0.05, 0.1) is 16.8 Å². The van der Waals surface area contributed by atoms with Crippen molar-refractivity contribution < 1.29 is 0 Å². The third-order valence-electron chi connectivity index (χ3n) is 11.4. The molecule has 2 aromatic heterocycles. The minimum Gasteiger partial charge on any atom is -0.390 e. The fourth-order valence-corrected chi connectivity index (χ4v) is 10.8. The van der Waals surface area contributed by atoms with E-state index in [0.29, 0.717) is 0 Å². The molecule has 10 rings (SSSR count). The molecule has 2 aliphatic rings. The van der Waals surface area contributed by atoms with E-state index in [4.69, 9.17) is 10.7 Å². The van der Waals surface area contributed by atoms with Gasteiger partial charge in [-0.3, -0.25) is 4.99 Å². The Bertz CT molecular complexity index is 2900. The van der Waals surface area contributed by atoms with Gasteiger partial charge in [-0.1, -0.05) is 146 Å². The Balaban J connectivity index is 1.09. The molecule has 0 spiro atoms. The van der Waals surface area contributed by atoms with Crippen LogP contribution in [0.4, 0.5) is 5.00 Å². The van der Waals surface area contributed by atoms with Crippen LogP contribution in [0.5, 0.6) is 0 Å². The number of allylic oxidation sites excluding steroid dienone is 5. The van der Waals surface area contributed by atoms with Crippen molar-refractivity contribution in [1.29, 1.82) is 0 Å². The first kappa shape index (κ1) is 35.4. The lowest BCUT2D eigenvalue weighted by atomic mass is 9.88. The van der Waals surface area contributed by atoms with Crippen LogP contribution in [0.3, 0.4) is 0 Å². The molecule has 1 unspecified atom stereocenters. The third-order valence-corrected chi connectivity index (χ3v) is 13.7. The van der Waals surface area contributed by atoms with Gasteiger partial charge in [0.1, 0.15) is 0 Å². The summed E-state index contributed by atoms with van der Waals surface area (Å²) in [7, 11) is 0. The minimum atomic E-state index is -0.144. The van der Waals surface area contributed by atoms with E-state index in [0.717, 1.165) is 52.9 Å². The lowest BCUT2D eigenvalue weighted by Crippen LogP contribution is -2.08. The van der Waals surface area contributed by atoms with Crippen LogP contribution in [-0.4, -0.2) is 5.71 Å². The van der Waals surface area contributed by atoms with Gasteiger partial charge in [-0.15, -0.1) is 22.7 Å². The number of anilines is 1. The molecular formula is C53H42N2S2. The third kappa shape index (κ3) is 6.79. The van der Waals surface area contributed by atoms with Crippen molar-refractivity contribution in [3.05, 3.63) is 202 Å². The predicted octanol–water partition coefficient (Wildman–Crippen LogP) is 14.9. The van der Waals surface area contributed by atoms with Gasteiger partial charge < -0.3 is 5.73 Å². The molecule has 0 bridgehead atoms. The van der Waals surface area contributed by atoms with Gasteiger partial charge in [-0.05, 0) is 113 Å². The Morgan fingerprint density at radius 3 is 2.23 bits per heavy atom. The molecular weight excluding hydrogens is 729 g/mol. The molecule has 276 valence electrons. The van der Waals surface area contributed by atoms with Crippen molar-refractivity contribution in [3.63, 3.8) is 0 Å². The molecule has 0 amide bonds. The first-order valence-corrected chi connectivity index (χ1v) is 21.5. The van der Waals surface area contributed by atoms with E-state index in [9.17, 15) is 0 Å². The molecule has 0 aliphatic heterocycles. The average molecular weight is 771 g/mol. The maximum Gasteiger partial charge on any atom is 0.0964 e. The number of nitrogen functional groups attached to an aromatic ring is 1. The SMILES string of the molecule is CC(N=C(c1ccccc1)c1c(N)sc2ccccc12)c1cc(C2=CCCC(c3ccccc3)=C2)cc(-c2ccc(-c3cccc4c5c(sc34)CCC=C5)cc2)c1. The summed E-state index contributed by atoms with van der Waals surface area (Å²) in [6.07, 6.45) is 13.7. The van der Waals surface area contributed by atoms with E-state index in [-0.39, 0.29) is 6.04 Å². The summed E-state index contributed by atoms with van der Waals surface area (Å²) in [5.74, 6) is 0. The molecule has 1 atom stereocenters. The number of hydrogen-bond donors (Lipinski definition) is 1. The number of thiophene rings is 2. The van der Waals surface area contributed by atoms with Crippen LogP contribution in [0.1, 0.15) is 70.5 Å². The summed E-state index contributed by atoms with van der Waals surface area (Å²) >= 11 is 3.60. The number of rotatable bonds is 8. The Morgan fingerprint density at radius 1 is 0.649 bits per heavy atom. The summed E-state index contributed by atoms with van der Waals surface area (Å²) in [6, 6.07) is 52.7. The van der Waals surface area contributed by atoms with Crippen molar-refractivity contribution in [2.75, 3.05) is 5.73 Å². The van der Waals surface area contributed by atoms with Gasteiger partial charge in [0.15, 0.2) is 0 Å². The Morgan fingerprint density at radius 2 is 1.39 bits per heavy atom. The van der Waals surface area contributed by atoms with Crippen LogP contribution >= 0.6 is 22.7 Å². The molecule has 0 saturated heterocycles. The second kappa shape index (κ2) is 15.1. The summed E-state index contributed by atoms with van der Waals surface area (Å²) < 4.78 is 2.56. The maximum atomic E-state index is 6.82. The number of aliphatic imine (C=N–C) groups is 1. The molecule has 6 aromatic carbocycles. The summed E-state index contributed by atoms with van der Waals surface area (Å²) in [5, 5.41) is 3.31. The second-order valence-corrected chi connectivity index (χ2v) is 17.3. The predicted molar refractivity (Wildman–Crippen MR) is 248 cm³/mol. The summed E-state index contributed by atoms with van der Waals surface area (Å²) in [5.41, 5.74) is 22.5. The monoisotopic (exact) mass is 770 g/mol. The molecule has 57 heavy (non-hydrogen) atoms. The van der Waals surface area contributed by atoms with Gasteiger partial charge in [-0.25, -0.2) is 0 Å². The molecule has 2 N–H and O–H groups in total. The molecule has 0 saturated carbocycles. The first-order valence-electron chi connectivity index (χ1n) is 19.9. The standard InChI is InChI=1S/C53H42N2S2/c1-34(55-51(38-16-6-3-7-17-38)50-47-21-9-11-25-49(47)57-53(50)54)41-31-42(33-43(32-41)40-19-12-18-39(30-40)35-14-4-2-5-15-35)36-26-28-37(29-27-36)44-22-13-23-46-45-20-8-10-24-48(45)56-52(44)46/h2-9,11,13-17,19-23,25-34H,10,12,18,24,54H2,1H3. The molecule has 2 aliphatic carbocycles. The van der Waals surface area contributed by atoms with E-state index in [1.807, 2.05) is 11.3 Å². The van der Waals surface area contributed by atoms with Crippen molar-refractivity contribution in [2.24, 2.45) is 4.99 Å². The number of hydrogen-bond acceptors (Lipinski definition) is 4. The topological polar surface area (TPSA) is 38.4 Å². The highest BCUT2D eigenvalue weighted by Gasteiger charge is 2.21. The van der Waals surface area contributed by atoms with Crippen molar-refractivity contribution >= 4 is 70.8 Å². The largest absolute Gasteiger partial charge is 0.390 e. The second-order valence-electron chi connectivity index (χ2n) is 15.1. The Labute approximate surface area is 342 Å². The molecule has 0 fully saturated rings. The lowest BCUT2D eigenvalue weighted by molar-refractivity contribution is 0.821. The van der Waals surface area contributed by atoms with E-state index in [1.54, 1.807) is 11.3 Å². The minimum absolute atomic E-state index is 0.144. The molecule has 4 heteroatoms. The summed E-state index contributed by atoms with van der Waals surface area (Å²) in [4.78, 5) is 7.07. The summed E-state index contributed by atoms with van der Waals surface area (Å²) in [6.45, 7) is 2.22.